The Morgan fingerprint density at radius 3 is 2.57 bits per heavy atom. The van der Waals surface area contributed by atoms with E-state index in [9.17, 15) is 26.8 Å². The molecule has 0 spiro atoms. The number of nitrogens with zero attached hydrogens (tertiary/aromatic N) is 3. The van der Waals surface area contributed by atoms with E-state index in [4.69, 9.17) is 0 Å². The first-order chi connectivity index (χ1) is 22.7. The van der Waals surface area contributed by atoms with Gasteiger partial charge in [-0.1, -0.05) is 36.4 Å². The number of carbonyl (C=O) groups is 1. The van der Waals surface area contributed by atoms with Gasteiger partial charge in [0.25, 0.3) is 21.5 Å². The summed E-state index contributed by atoms with van der Waals surface area (Å²) < 4.78 is 56.9. The first kappa shape index (κ1) is 30.2. The zero-order chi connectivity index (χ0) is 32.7. The zero-order valence-corrected chi connectivity index (χ0v) is 25.8. The lowest BCUT2D eigenvalue weighted by molar-refractivity contribution is 0.0930. The Bertz CT molecular complexity index is 2340. The molecule has 0 aliphatic heterocycles. The van der Waals surface area contributed by atoms with Crippen molar-refractivity contribution in [1.29, 1.82) is 0 Å². The van der Waals surface area contributed by atoms with Gasteiger partial charge >= 0.3 is 0 Å². The second-order valence-electron chi connectivity index (χ2n) is 11.5. The molecule has 1 amide bonds. The fourth-order valence-electron chi connectivity index (χ4n) is 6.17. The molecule has 0 saturated heterocycles. The first-order valence-electron chi connectivity index (χ1n) is 15.0. The Labute approximate surface area is 269 Å². The van der Waals surface area contributed by atoms with Crippen LogP contribution in [0.2, 0.25) is 0 Å². The molecule has 1 N–H and O–H groups in total. The molecule has 236 valence electrons. The van der Waals surface area contributed by atoms with Gasteiger partial charge in [-0.05, 0) is 96.1 Å². The van der Waals surface area contributed by atoms with Crippen LogP contribution in [-0.4, -0.2) is 27.8 Å². The Morgan fingerprint density at radius 1 is 0.936 bits per heavy atom. The topological polar surface area (TPSA) is 103 Å². The largest absolute Gasteiger partial charge is 0.345 e. The third-order valence-corrected chi connectivity index (χ3v) is 10.2. The first-order valence-corrected chi connectivity index (χ1v) is 16.5. The van der Waals surface area contributed by atoms with E-state index in [1.807, 2.05) is 24.3 Å². The number of aryl methyl sites for hydroxylation is 1. The van der Waals surface area contributed by atoms with Crippen LogP contribution in [0.1, 0.15) is 45.9 Å². The minimum absolute atomic E-state index is 0.0325. The molecule has 11 heteroatoms. The van der Waals surface area contributed by atoms with Crippen molar-refractivity contribution in [2.75, 3.05) is 0 Å². The summed E-state index contributed by atoms with van der Waals surface area (Å²) in [6.45, 7) is -0.0325. The van der Waals surface area contributed by atoms with E-state index in [2.05, 4.69) is 10.3 Å². The van der Waals surface area contributed by atoms with E-state index in [-0.39, 0.29) is 17.0 Å². The highest BCUT2D eigenvalue weighted by Gasteiger charge is 2.26. The second kappa shape index (κ2) is 12.1. The lowest BCUT2D eigenvalue weighted by Crippen LogP contribution is -2.36. The van der Waals surface area contributed by atoms with Crippen molar-refractivity contribution in [2.24, 2.45) is 0 Å². The van der Waals surface area contributed by atoms with Crippen molar-refractivity contribution in [1.82, 2.24) is 18.8 Å². The molecule has 3 heterocycles. The molecular formula is C36H28F2N4O4S. The minimum Gasteiger partial charge on any atom is -0.345 e. The predicted molar refractivity (Wildman–Crippen MR) is 174 cm³/mol. The Hall–Kier alpha value is -5.42. The Morgan fingerprint density at radius 2 is 1.77 bits per heavy atom. The molecule has 0 saturated carbocycles. The van der Waals surface area contributed by atoms with Gasteiger partial charge < -0.3 is 9.88 Å². The molecule has 1 unspecified atom stereocenters. The van der Waals surface area contributed by atoms with E-state index in [0.29, 0.717) is 28.6 Å². The maximum absolute atomic E-state index is 13.8. The Kier molecular flexibility index (Phi) is 7.77. The van der Waals surface area contributed by atoms with Crippen LogP contribution in [0, 0.1) is 11.6 Å². The number of carbonyl (C=O) groups excluding carboxylic acids is 1. The second-order valence-corrected chi connectivity index (χ2v) is 13.3. The zero-order valence-electron chi connectivity index (χ0n) is 24.9. The molecule has 8 nitrogen and oxygen atoms in total. The summed E-state index contributed by atoms with van der Waals surface area (Å²) in [5.41, 5.74) is 3.43. The van der Waals surface area contributed by atoms with E-state index in [1.165, 1.54) is 26.9 Å². The number of nitrogens with one attached hydrogen (secondary N) is 1. The number of amides is 1. The van der Waals surface area contributed by atoms with Crippen molar-refractivity contribution in [2.45, 2.75) is 36.7 Å². The molecule has 47 heavy (non-hydrogen) atoms. The number of rotatable bonds is 7. The van der Waals surface area contributed by atoms with Crippen LogP contribution in [0.3, 0.4) is 0 Å². The van der Waals surface area contributed by atoms with Crippen molar-refractivity contribution in [3.8, 4) is 11.1 Å². The van der Waals surface area contributed by atoms with Crippen molar-refractivity contribution in [3.63, 3.8) is 0 Å². The summed E-state index contributed by atoms with van der Waals surface area (Å²) in [6.07, 6.45) is 6.90. The normalized spacial score (nSPS) is 14.6. The van der Waals surface area contributed by atoms with Crippen LogP contribution in [0.15, 0.2) is 119 Å². The van der Waals surface area contributed by atoms with Gasteiger partial charge in [-0.15, -0.1) is 0 Å². The molecule has 3 aromatic carbocycles. The molecule has 7 rings (SSSR count). The highest BCUT2D eigenvalue weighted by atomic mass is 32.2. The summed E-state index contributed by atoms with van der Waals surface area (Å²) in [7, 11) is -3.93. The van der Waals surface area contributed by atoms with Gasteiger partial charge in [0.2, 0.25) is 0 Å². The van der Waals surface area contributed by atoms with E-state index >= 15 is 0 Å². The van der Waals surface area contributed by atoms with E-state index in [1.54, 1.807) is 54.9 Å². The van der Waals surface area contributed by atoms with Crippen LogP contribution < -0.4 is 10.9 Å². The summed E-state index contributed by atoms with van der Waals surface area (Å²) in [5.74, 6) is -2.55. The number of hydrogen-bond acceptors (Lipinski definition) is 5. The highest BCUT2D eigenvalue weighted by Crippen LogP contribution is 2.37. The van der Waals surface area contributed by atoms with Gasteiger partial charge in [-0.25, -0.2) is 26.2 Å². The molecule has 1 atom stereocenters. The maximum Gasteiger partial charge on any atom is 0.269 e. The van der Waals surface area contributed by atoms with Crippen molar-refractivity contribution < 1.29 is 22.0 Å². The van der Waals surface area contributed by atoms with E-state index < -0.39 is 39.2 Å². The van der Waals surface area contributed by atoms with Crippen molar-refractivity contribution in [3.05, 3.63) is 154 Å². The number of hydrogen-bond donors (Lipinski definition) is 1. The molecule has 6 aromatic rings. The van der Waals surface area contributed by atoms with E-state index in [0.717, 1.165) is 41.7 Å². The van der Waals surface area contributed by atoms with Crippen LogP contribution in [0.5, 0.6) is 0 Å². The number of pyridine rings is 2. The summed E-state index contributed by atoms with van der Waals surface area (Å²) in [6, 6.07) is 23.7. The number of benzene rings is 3. The highest BCUT2D eigenvalue weighted by molar-refractivity contribution is 7.90. The van der Waals surface area contributed by atoms with Gasteiger partial charge in [0.15, 0.2) is 17.3 Å². The van der Waals surface area contributed by atoms with Crippen LogP contribution in [0.4, 0.5) is 8.78 Å². The Balaban J connectivity index is 1.21. The molecular weight excluding hydrogens is 622 g/mol. The summed E-state index contributed by atoms with van der Waals surface area (Å²) >= 11 is 0. The maximum atomic E-state index is 13.8. The van der Waals surface area contributed by atoms with Gasteiger partial charge in [-0.2, -0.15) is 0 Å². The van der Waals surface area contributed by atoms with Gasteiger partial charge in [0.1, 0.15) is 5.56 Å². The molecule has 0 radical (unpaired) electrons. The fraction of sp³-hybridized carbons (Fsp3) is 0.139. The van der Waals surface area contributed by atoms with Crippen LogP contribution in [0.25, 0.3) is 22.2 Å². The third kappa shape index (κ3) is 5.63. The SMILES string of the molecule is O=C(NC1CCCc2ccc(-c3cn(S(=O)(=O)c4ccccc4)c4ncccc34)cc21)c1cccn(Cc2ccc(F)c(F)c2)c1=O. The van der Waals surface area contributed by atoms with Gasteiger partial charge in [0, 0.05) is 29.5 Å². The smallest absolute Gasteiger partial charge is 0.269 e. The number of fused-ring (bicyclic) bond motifs is 2. The monoisotopic (exact) mass is 650 g/mol. The quantitative estimate of drug-likeness (QED) is 0.221. The summed E-state index contributed by atoms with van der Waals surface area (Å²) in [5, 5.41) is 3.69. The lowest BCUT2D eigenvalue weighted by Gasteiger charge is -2.27. The molecule has 0 fully saturated rings. The number of halogens is 2. The molecule has 1 aliphatic carbocycles. The fourth-order valence-corrected chi connectivity index (χ4v) is 7.52. The average molecular weight is 651 g/mol. The molecule has 3 aromatic heterocycles. The lowest BCUT2D eigenvalue weighted by atomic mass is 9.85. The molecule has 1 aliphatic rings. The standard InChI is InChI=1S/C36H28F2N4O4S/c37-31-16-13-23(19-32(31)38)21-41-18-6-11-28(36(41)44)35(43)40-33-12-4-7-24-14-15-25(20-29(24)33)30-22-42(34-27(30)10-5-17-39-34)47(45,46)26-8-2-1-3-9-26/h1-3,5-6,8-11,13-20,22,33H,4,7,12,21H2,(H,40,43). The van der Waals surface area contributed by atoms with Crippen LogP contribution >= 0.6 is 0 Å². The van der Waals surface area contributed by atoms with Crippen molar-refractivity contribution >= 4 is 27.0 Å². The number of aromatic nitrogens is 3. The minimum atomic E-state index is -3.93. The summed E-state index contributed by atoms with van der Waals surface area (Å²) in [4.78, 5) is 31.3. The van der Waals surface area contributed by atoms with Gasteiger partial charge in [0.05, 0.1) is 17.5 Å². The molecule has 0 bridgehead atoms. The van der Waals surface area contributed by atoms with Crippen LogP contribution in [-0.2, 0) is 23.0 Å². The predicted octanol–water partition coefficient (Wildman–Crippen LogP) is 6.24. The average Bonchev–Trinajstić information content (AvgIpc) is 3.48. The van der Waals surface area contributed by atoms with Gasteiger partial charge in [-0.3, -0.25) is 9.59 Å². The third-order valence-electron chi connectivity index (χ3n) is 8.51.